The highest BCUT2D eigenvalue weighted by Crippen LogP contribution is 2.33. The van der Waals surface area contributed by atoms with Gasteiger partial charge in [0.1, 0.15) is 11.6 Å². The van der Waals surface area contributed by atoms with Crippen molar-refractivity contribution in [2.24, 2.45) is 0 Å². The monoisotopic (exact) mass is 394 g/mol. The van der Waals surface area contributed by atoms with Crippen molar-refractivity contribution in [3.63, 3.8) is 0 Å². The SMILES string of the molecule is CCn1cc([C@@H](C)[C@H](C(=O)O)N(C)C(=O)OC(C)(C)C)c2cc(Cl)ccc21. The summed E-state index contributed by atoms with van der Waals surface area (Å²) in [5, 5.41) is 11.3. The largest absolute Gasteiger partial charge is 0.480 e. The molecule has 1 N–H and O–H groups in total. The predicted octanol–water partition coefficient (Wildman–Crippen LogP) is 4.74. The molecule has 0 aliphatic rings. The summed E-state index contributed by atoms with van der Waals surface area (Å²) in [5.74, 6) is -1.55. The lowest BCUT2D eigenvalue weighted by Gasteiger charge is -2.31. The zero-order valence-electron chi connectivity index (χ0n) is 16.6. The Morgan fingerprint density at radius 1 is 1.33 bits per heavy atom. The van der Waals surface area contributed by atoms with Gasteiger partial charge in [0.25, 0.3) is 0 Å². The van der Waals surface area contributed by atoms with Crippen LogP contribution in [0.3, 0.4) is 0 Å². The Labute approximate surface area is 164 Å². The molecule has 27 heavy (non-hydrogen) atoms. The van der Waals surface area contributed by atoms with Gasteiger partial charge in [-0.15, -0.1) is 0 Å². The first-order chi connectivity index (χ1) is 12.5. The van der Waals surface area contributed by atoms with Gasteiger partial charge < -0.3 is 14.4 Å². The van der Waals surface area contributed by atoms with Crippen LogP contribution in [0.15, 0.2) is 24.4 Å². The van der Waals surface area contributed by atoms with E-state index >= 15 is 0 Å². The second-order valence-electron chi connectivity index (χ2n) is 7.69. The van der Waals surface area contributed by atoms with Crippen molar-refractivity contribution in [1.29, 1.82) is 0 Å². The zero-order chi connectivity index (χ0) is 20.5. The molecule has 0 fully saturated rings. The van der Waals surface area contributed by atoms with Crippen molar-refractivity contribution in [3.05, 3.63) is 35.0 Å². The molecular formula is C20H27ClN2O4. The second kappa shape index (κ2) is 7.80. The highest BCUT2D eigenvalue weighted by molar-refractivity contribution is 6.31. The number of aromatic nitrogens is 1. The van der Waals surface area contributed by atoms with Crippen molar-refractivity contribution in [1.82, 2.24) is 9.47 Å². The zero-order valence-corrected chi connectivity index (χ0v) is 17.4. The first kappa shape index (κ1) is 21.1. The fraction of sp³-hybridized carbons (Fsp3) is 0.500. The summed E-state index contributed by atoms with van der Waals surface area (Å²) in [6, 6.07) is 4.49. The van der Waals surface area contributed by atoms with Gasteiger partial charge in [-0.2, -0.15) is 0 Å². The minimum absolute atomic E-state index is 0.464. The quantitative estimate of drug-likeness (QED) is 0.795. The Morgan fingerprint density at radius 3 is 2.48 bits per heavy atom. The standard InChI is InChI=1S/C20H27ClN2O4/c1-7-23-11-15(14-10-13(21)8-9-16(14)23)12(2)17(18(24)25)22(6)19(26)27-20(3,4)5/h8-12,17H,7H2,1-6H3,(H,24,25)/t12-,17-/m1/s1. The van der Waals surface area contributed by atoms with Gasteiger partial charge in [0.2, 0.25) is 0 Å². The third-order valence-corrected chi connectivity index (χ3v) is 4.77. The lowest BCUT2D eigenvalue weighted by molar-refractivity contribution is -0.143. The molecule has 7 heteroatoms. The molecule has 0 saturated carbocycles. The van der Waals surface area contributed by atoms with Gasteiger partial charge in [-0.25, -0.2) is 9.59 Å². The summed E-state index contributed by atoms with van der Waals surface area (Å²) < 4.78 is 7.39. The van der Waals surface area contributed by atoms with Crippen molar-refractivity contribution < 1.29 is 19.4 Å². The van der Waals surface area contributed by atoms with Crippen molar-refractivity contribution in [3.8, 4) is 0 Å². The average Bonchev–Trinajstić information content (AvgIpc) is 2.90. The van der Waals surface area contributed by atoms with Crippen LogP contribution < -0.4 is 0 Å². The molecule has 0 aliphatic heterocycles. The van der Waals surface area contributed by atoms with Crippen LogP contribution in [0.4, 0.5) is 4.79 Å². The summed E-state index contributed by atoms with van der Waals surface area (Å²) in [6.07, 6.45) is 1.27. The lowest BCUT2D eigenvalue weighted by atomic mass is 9.92. The number of hydrogen-bond acceptors (Lipinski definition) is 3. The van der Waals surface area contributed by atoms with E-state index in [1.54, 1.807) is 27.7 Å². The molecule has 0 spiro atoms. The van der Waals surface area contributed by atoms with Crippen molar-refractivity contribution >= 4 is 34.6 Å². The van der Waals surface area contributed by atoms with E-state index in [1.165, 1.54) is 7.05 Å². The van der Waals surface area contributed by atoms with E-state index in [9.17, 15) is 14.7 Å². The summed E-state index contributed by atoms with van der Waals surface area (Å²) in [4.78, 5) is 25.6. The van der Waals surface area contributed by atoms with Crippen molar-refractivity contribution in [2.45, 2.75) is 58.7 Å². The van der Waals surface area contributed by atoms with E-state index in [-0.39, 0.29) is 0 Å². The molecule has 2 atom stereocenters. The number of nitrogens with zero attached hydrogens (tertiary/aromatic N) is 2. The van der Waals surface area contributed by atoms with E-state index in [0.29, 0.717) is 5.02 Å². The van der Waals surface area contributed by atoms with E-state index in [4.69, 9.17) is 16.3 Å². The molecule has 0 unspecified atom stereocenters. The minimum atomic E-state index is -1.09. The van der Waals surface area contributed by atoms with Crippen LogP contribution in [-0.4, -0.2) is 45.3 Å². The van der Waals surface area contributed by atoms with Gasteiger partial charge in [-0.05, 0) is 51.5 Å². The number of aryl methyl sites for hydroxylation is 1. The van der Waals surface area contributed by atoms with Gasteiger partial charge in [0.15, 0.2) is 0 Å². The fourth-order valence-electron chi connectivity index (χ4n) is 3.25. The third-order valence-electron chi connectivity index (χ3n) is 4.53. The molecule has 0 saturated heterocycles. The molecule has 0 aliphatic carbocycles. The maximum absolute atomic E-state index is 12.4. The Morgan fingerprint density at radius 2 is 1.96 bits per heavy atom. The number of hydrogen-bond donors (Lipinski definition) is 1. The summed E-state index contributed by atoms with van der Waals surface area (Å²) in [6.45, 7) is 9.79. The molecule has 1 aromatic carbocycles. The number of halogens is 1. The van der Waals surface area contributed by atoms with Crippen LogP contribution in [0.5, 0.6) is 0 Å². The Bertz CT molecular complexity index is 854. The van der Waals surface area contributed by atoms with Gasteiger partial charge in [-0.1, -0.05) is 18.5 Å². The first-order valence-corrected chi connectivity index (χ1v) is 9.31. The number of fused-ring (bicyclic) bond motifs is 1. The third kappa shape index (κ3) is 4.56. The number of carbonyl (C=O) groups is 2. The summed E-state index contributed by atoms with van der Waals surface area (Å²) in [7, 11) is 1.45. The highest BCUT2D eigenvalue weighted by atomic mass is 35.5. The normalized spacial score (nSPS) is 14.0. The molecule has 2 rings (SSSR count). The minimum Gasteiger partial charge on any atom is -0.480 e. The number of carboxylic acids is 1. The van der Waals surface area contributed by atoms with Crippen molar-refractivity contribution in [2.75, 3.05) is 7.05 Å². The Balaban J connectivity index is 2.47. The Kier molecular flexibility index (Phi) is 6.10. The molecule has 1 amide bonds. The van der Waals surface area contributed by atoms with Crippen LogP contribution in [0, 0.1) is 0 Å². The molecular weight excluding hydrogens is 368 g/mol. The number of benzene rings is 1. The topological polar surface area (TPSA) is 71.8 Å². The number of ether oxygens (including phenoxy) is 1. The van der Waals surface area contributed by atoms with Crippen LogP contribution in [0.2, 0.25) is 5.02 Å². The van der Waals surface area contributed by atoms with E-state index in [0.717, 1.165) is 27.9 Å². The summed E-state index contributed by atoms with van der Waals surface area (Å²) >= 11 is 6.17. The number of carboxylic acid groups (broad SMARTS) is 1. The highest BCUT2D eigenvalue weighted by Gasteiger charge is 2.36. The average molecular weight is 395 g/mol. The van der Waals surface area contributed by atoms with Gasteiger partial charge in [0, 0.05) is 41.6 Å². The molecule has 0 radical (unpaired) electrons. The van der Waals surface area contributed by atoms with Crippen LogP contribution in [0.25, 0.3) is 10.9 Å². The summed E-state index contributed by atoms with van der Waals surface area (Å²) in [5.41, 5.74) is 1.11. The smallest absolute Gasteiger partial charge is 0.410 e. The Hall–Kier alpha value is -2.21. The number of aliphatic carboxylic acids is 1. The van der Waals surface area contributed by atoms with Gasteiger partial charge in [-0.3, -0.25) is 4.90 Å². The van der Waals surface area contributed by atoms with Crippen LogP contribution in [0.1, 0.15) is 46.1 Å². The maximum Gasteiger partial charge on any atom is 0.410 e. The van der Waals surface area contributed by atoms with Gasteiger partial charge >= 0.3 is 12.1 Å². The molecule has 6 nitrogen and oxygen atoms in total. The molecule has 0 bridgehead atoms. The molecule has 1 aromatic heterocycles. The fourth-order valence-corrected chi connectivity index (χ4v) is 3.43. The lowest BCUT2D eigenvalue weighted by Crippen LogP contribution is -2.47. The number of rotatable bonds is 5. The molecule has 2 aromatic rings. The predicted molar refractivity (Wildman–Crippen MR) is 106 cm³/mol. The van der Waals surface area contributed by atoms with E-state index in [1.807, 2.05) is 35.9 Å². The van der Waals surface area contributed by atoms with E-state index in [2.05, 4.69) is 0 Å². The number of likely N-dealkylation sites (N-methyl/N-ethyl adjacent to an activating group) is 1. The van der Waals surface area contributed by atoms with E-state index < -0.39 is 29.6 Å². The number of amides is 1. The molecule has 148 valence electrons. The van der Waals surface area contributed by atoms with Crippen LogP contribution >= 0.6 is 11.6 Å². The second-order valence-corrected chi connectivity index (χ2v) is 8.13. The maximum atomic E-state index is 12.4. The first-order valence-electron chi connectivity index (χ1n) is 8.93. The number of carbonyl (C=O) groups excluding carboxylic acids is 1. The van der Waals surface area contributed by atoms with Gasteiger partial charge in [0.05, 0.1) is 0 Å². The molecule has 1 heterocycles. The van der Waals surface area contributed by atoms with Crippen LogP contribution in [-0.2, 0) is 16.1 Å².